The molecule has 0 aromatic carbocycles. The monoisotopic (exact) mass is 498 g/mol. The average molecular weight is 499 g/mol. The van der Waals surface area contributed by atoms with E-state index in [1.807, 2.05) is 12.2 Å². The van der Waals surface area contributed by atoms with E-state index in [9.17, 15) is 19.2 Å². The van der Waals surface area contributed by atoms with E-state index < -0.39 is 30.4 Å². The Bertz CT molecular complexity index is 839. The summed E-state index contributed by atoms with van der Waals surface area (Å²) in [5, 5.41) is 2.23. The van der Waals surface area contributed by atoms with E-state index >= 15 is 0 Å². The standard InChI is InChI=1S/C29H42N2O5/c1-3-5-6-7-8-9-10-11-12-13-14-15-16-17-18-19-22-28(34)36-24-26(32)30-29(35)25(4-2)31-23-20-21-27(31)33/h5-6,8-9,11-12,14-15,17-18,25H,3-4,7,10,13,16,19-24H2,1-2H3,(H,30,32,35)/b6-5-,9-8-,12-11-,15-14-,18-17-/t25-/m0/s1. The first-order chi connectivity index (χ1) is 17.5. The first kappa shape index (κ1) is 30.8. The van der Waals surface area contributed by atoms with Crippen LogP contribution in [0.2, 0.25) is 0 Å². The first-order valence-electron chi connectivity index (χ1n) is 13.0. The van der Waals surface area contributed by atoms with Gasteiger partial charge in [-0.1, -0.05) is 74.6 Å². The van der Waals surface area contributed by atoms with Crippen LogP contribution < -0.4 is 5.32 Å². The summed E-state index contributed by atoms with van der Waals surface area (Å²) in [6, 6.07) is -0.671. The van der Waals surface area contributed by atoms with E-state index in [-0.39, 0.29) is 12.3 Å². The summed E-state index contributed by atoms with van der Waals surface area (Å²) in [7, 11) is 0. The molecular weight excluding hydrogens is 456 g/mol. The number of allylic oxidation sites excluding steroid dienone is 10. The Balaban J connectivity index is 2.11. The molecule has 36 heavy (non-hydrogen) atoms. The van der Waals surface area contributed by atoms with Crippen LogP contribution in [-0.2, 0) is 23.9 Å². The largest absolute Gasteiger partial charge is 0.456 e. The molecule has 0 unspecified atom stereocenters. The maximum Gasteiger partial charge on any atom is 0.306 e. The normalized spacial score (nSPS) is 15.3. The van der Waals surface area contributed by atoms with Crippen LogP contribution in [0.1, 0.15) is 78.1 Å². The Hall–Kier alpha value is -3.22. The maximum atomic E-state index is 12.3. The molecular formula is C29H42N2O5. The number of carbonyl (C=O) groups is 4. The zero-order valence-corrected chi connectivity index (χ0v) is 21.8. The molecule has 0 spiro atoms. The van der Waals surface area contributed by atoms with E-state index in [4.69, 9.17) is 4.74 Å². The van der Waals surface area contributed by atoms with Gasteiger partial charge in [-0.15, -0.1) is 0 Å². The third-order valence-corrected chi connectivity index (χ3v) is 5.48. The highest BCUT2D eigenvalue weighted by Crippen LogP contribution is 2.15. The van der Waals surface area contributed by atoms with Crippen molar-refractivity contribution in [3.05, 3.63) is 60.8 Å². The quantitative estimate of drug-likeness (QED) is 0.222. The Morgan fingerprint density at radius 3 is 1.94 bits per heavy atom. The lowest BCUT2D eigenvalue weighted by molar-refractivity contribution is -0.150. The number of nitrogens with zero attached hydrogens (tertiary/aromatic N) is 1. The van der Waals surface area contributed by atoms with Crippen LogP contribution in [0.15, 0.2) is 60.8 Å². The molecule has 1 N–H and O–H groups in total. The van der Waals surface area contributed by atoms with Crippen LogP contribution >= 0.6 is 0 Å². The van der Waals surface area contributed by atoms with E-state index in [0.29, 0.717) is 32.2 Å². The number of ether oxygens (including phenoxy) is 1. The number of imide groups is 1. The minimum Gasteiger partial charge on any atom is -0.456 e. The van der Waals surface area contributed by atoms with Crippen molar-refractivity contribution in [3.8, 4) is 0 Å². The molecule has 1 fully saturated rings. The van der Waals surface area contributed by atoms with Gasteiger partial charge in [-0.25, -0.2) is 0 Å². The summed E-state index contributed by atoms with van der Waals surface area (Å²) >= 11 is 0. The fraction of sp³-hybridized carbons (Fsp3) is 0.517. The maximum absolute atomic E-state index is 12.3. The SMILES string of the molecule is CC/C=C\C/C=C\C/C=C\C/C=C\C/C=C\CCC(=O)OCC(=O)NC(=O)[C@H](CC)N1CCCC1=O. The van der Waals surface area contributed by atoms with Crippen LogP contribution in [0, 0.1) is 0 Å². The number of nitrogens with one attached hydrogen (secondary N) is 1. The molecule has 1 aliphatic heterocycles. The van der Waals surface area contributed by atoms with Crippen molar-refractivity contribution in [3.63, 3.8) is 0 Å². The Morgan fingerprint density at radius 1 is 0.889 bits per heavy atom. The molecule has 0 bridgehead atoms. The molecule has 3 amide bonds. The topological polar surface area (TPSA) is 92.8 Å². The predicted molar refractivity (Wildman–Crippen MR) is 143 cm³/mol. The van der Waals surface area contributed by atoms with E-state index in [1.165, 1.54) is 4.90 Å². The van der Waals surface area contributed by atoms with Gasteiger partial charge in [0.15, 0.2) is 6.61 Å². The van der Waals surface area contributed by atoms with Crippen LogP contribution in [0.3, 0.4) is 0 Å². The van der Waals surface area contributed by atoms with Gasteiger partial charge < -0.3 is 9.64 Å². The smallest absolute Gasteiger partial charge is 0.306 e. The number of hydrogen-bond donors (Lipinski definition) is 1. The molecule has 1 atom stereocenters. The van der Waals surface area contributed by atoms with Crippen LogP contribution in [0.25, 0.3) is 0 Å². The molecule has 0 aromatic rings. The Labute approximate surface area is 216 Å². The van der Waals surface area contributed by atoms with E-state index in [1.54, 1.807) is 6.92 Å². The van der Waals surface area contributed by atoms with Gasteiger partial charge in [-0.2, -0.15) is 0 Å². The third kappa shape index (κ3) is 14.2. The molecule has 198 valence electrons. The Kier molecular flexibility index (Phi) is 17.1. The lowest BCUT2D eigenvalue weighted by Gasteiger charge is -2.25. The molecule has 7 nitrogen and oxygen atoms in total. The lowest BCUT2D eigenvalue weighted by Crippen LogP contribution is -2.49. The molecule has 1 heterocycles. The second-order valence-electron chi connectivity index (χ2n) is 8.43. The molecule has 0 aromatic heterocycles. The molecule has 0 radical (unpaired) electrons. The van der Waals surface area contributed by atoms with E-state index in [0.717, 1.165) is 32.1 Å². The molecule has 7 heteroatoms. The molecule has 0 saturated carbocycles. The van der Waals surface area contributed by atoms with Gasteiger partial charge in [0.25, 0.3) is 5.91 Å². The summed E-state index contributed by atoms with van der Waals surface area (Å²) in [6.45, 7) is 3.92. The highest BCUT2D eigenvalue weighted by Gasteiger charge is 2.32. The predicted octanol–water partition coefficient (Wildman–Crippen LogP) is 5.11. The van der Waals surface area contributed by atoms with Gasteiger partial charge in [0.05, 0.1) is 0 Å². The lowest BCUT2D eigenvalue weighted by atomic mass is 10.2. The van der Waals surface area contributed by atoms with Gasteiger partial charge in [0.2, 0.25) is 11.8 Å². The zero-order valence-electron chi connectivity index (χ0n) is 21.8. The number of amides is 3. The van der Waals surface area contributed by atoms with Crippen molar-refractivity contribution in [1.29, 1.82) is 0 Å². The first-order valence-corrected chi connectivity index (χ1v) is 13.0. The molecule has 0 aliphatic carbocycles. The van der Waals surface area contributed by atoms with E-state index in [2.05, 4.69) is 60.8 Å². The number of esters is 1. The van der Waals surface area contributed by atoms with Crippen LogP contribution in [0.4, 0.5) is 0 Å². The van der Waals surface area contributed by atoms with Crippen molar-refractivity contribution in [2.45, 2.75) is 84.1 Å². The highest BCUT2D eigenvalue weighted by molar-refractivity contribution is 6.00. The minimum absolute atomic E-state index is 0.0779. The molecule has 1 rings (SSSR count). The number of carbonyl (C=O) groups excluding carboxylic acids is 4. The second kappa shape index (κ2) is 20.0. The van der Waals surface area contributed by atoms with Crippen molar-refractivity contribution < 1.29 is 23.9 Å². The summed E-state index contributed by atoms with van der Waals surface area (Å²) < 4.78 is 4.94. The number of hydrogen-bond acceptors (Lipinski definition) is 5. The Morgan fingerprint density at radius 2 is 1.44 bits per heavy atom. The zero-order chi connectivity index (χ0) is 26.4. The van der Waals surface area contributed by atoms with Gasteiger partial charge in [-0.05, 0) is 51.4 Å². The van der Waals surface area contributed by atoms with Crippen LogP contribution in [-0.4, -0.2) is 47.8 Å². The summed E-state index contributed by atoms with van der Waals surface area (Å²) in [5.41, 5.74) is 0. The summed E-state index contributed by atoms with van der Waals surface area (Å²) in [4.78, 5) is 49.4. The van der Waals surface area contributed by atoms with Crippen molar-refractivity contribution in [2.24, 2.45) is 0 Å². The number of rotatable bonds is 17. The fourth-order valence-corrected chi connectivity index (χ4v) is 3.59. The molecule has 1 aliphatic rings. The third-order valence-electron chi connectivity index (χ3n) is 5.48. The fourth-order valence-electron chi connectivity index (χ4n) is 3.59. The summed E-state index contributed by atoms with van der Waals surface area (Å²) in [5.74, 6) is -1.80. The minimum atomic E-state index is -0.687. The van der Waals surface area contributed by atoms with Gasteiger partial charge in [-0.3, -0.25) is 24.5 Å². The van der Waals surface area contributed by atoms with Crippen molar-refractivity contribution >= 4 is 23.7 Å². The van der Waals surface area contributed by atoms with Gasteiger partial charge in [0.1, 0.15) is 6.04 Å². The van der Waals surface area contributed by atoms with Crippen molar-refractivity contribution in [1.82, 2.24) is 10.2 Å². The number of likely N-dealkylation sites (tertiary alicyclic amines) is 1. The average Bonchev–Trinajstić information content (AvgIpc) is 3.28. The highest BCUT2D eigenvalue weighted by atomic mass is 16.5. The van der Waals surface area contributed by atoms with Gasteiger partial charge in [0, 0.05) is 19.4 Å². The van der Waals surface area contributed by atoms with Gasteiger partial charge >= 0.3 is 5.97 Å². The van der Waals surface area contributed by atoms with Crippen LogP contribution in [0.5, 0.6) is 0 Å². The second-order valence-corrected chi connectivity index (χ2v) is 8.43. The molecule has 1 saturated heterocycles. The van der Waals surface area contributed by atoms with Crippen molar-refractivity contribution in [2.75, 3.05) is 13.2 Å². The summed E-state index contributed by atoms with van der Waals surface area (Å²) in [6.07, 6.45) is 28.0.